The van der Waals surface area contributed by atoms with Gasteiger partial charge < -0.3 is 8.83 Å². The Balaban J connectivity index is 0.998. The van der Waals surface area contributed by atoms with Crippen LogP contribution in [-0.2, 0) is 0 Å². The summed E-state index contributed by atoms with van der Waals surface area (Å²) >= 11 is 0. The first-order chi connectivity index (χ1) is 27.7. The molecule has 0 saturated heterocycles. The topological polar surface area (TPSA) is 65.0 Å². The molecule has 0 N–H and O–H groups in total. The molecule has 0 aliphatic carbocycles. The molecule has 0 atom stereocenters. The van der Waals surface area contributed by atoms with Crippen molar-refractivity contribution < 1.29 is 8.83 Å². The van der Waals surface area contributed by atoms with E-state index in [4.69, 9.17) is 23.8 Å². The first kappa shape index (κ1) is 31.9. The Morgan fingerprint density at radius 1 is 0.232 bits per heavy atom. The second kappa shape index (κ2) is 13.0. The van der Waals surface area contributed by atoms with Crippen LogP contribution in [0, 0.1) is 0 Å². The van der Waals surface area contributed by atoms with Crippen molar-refractivity contribution in [3.05, 3.63) is 188 Å². The van der Waals surface area contributed by atoms with Gasteiger partial charge in [0.05, 0.1) is 0 Å². The number of nitrogens with zero attached hydrogens (tertiary/aromatic N) is 3. The van der Waals surface area contributed by atoms with Gasteiger partial charge in [-0.1, -0.05) is 140 Å². The van der Waals surface area contributed by atoms with Crippen molar-refractivity contribution in [3.8, 4) is 67.5 Å². The number of aromatic nitrogens is 3. The lowest BCUT2D eigenvalue weighted by Gasteiger charge is -2.11. The molecule has 0 spiro atoms. The molecule has 3 aromatic heterocycles. The van der Waals surface area contributed by atoms with Crippen LogP contribution in [-0.4, -0.2) is 15.0 Å². The molecular weight excluding hydrogens is 687 g/mol. The molecule has 5 nitrogen and oxygen atoms in total. The average molecular weight is 718 g/mol. The average Bonchev–Trinajstić information content (AvgIpc) is 3.84. The molecule has 11 aromatic rings. The molecule has 0 unspecified atom stereocenters. The maximum absolute atomic E-state index is 6.26. The van der Waals surface area contributed by atoms with Crippen LogP contribution in [0.1, 0.15) is 0 Å². The first-order valence-corrected chi connectivity index (χ1v) is 18.7. The second-order valence-electron chi connectivity index (χ2n) is 14.0. The molecule has 0 fully saturated rings. The van der Waals surface area contributed by atoms with Crippen LogP contribution in [0.25, 0.3) is 111 Å². The van der Waals surface area contributed by atoms with Gasteiger partial charge in [0.25, 0.3) is 0 Å². The Hall–Kier alpha value is -7.63. The highest BCUT2D eigenvalue weighted by Crippen LogP contribution is 2.36. The van der Waals surface area contributed by atoms with Gasteiger partial charge in [0.1, 0.15) is 22.3 Å². The molecule has 11 rings (SSSR count). The molecule has 8 aromatic carbocycles. The summed E-state index contributed by atoms with van der Waals surface area (Å²) in [5, 5.41) is 4.39. The molecule has 0 bridgehead atoms. The Morgan fingerprint density at radius 3 is 1.20 bits per heavy atom. The fraction of sp³-hybridized carbons (Fsp3) is 0. The third-order valence-electron chi connectivity index (χ3n) is 10.6. The van der Waals surface area contributed by atoms with Crippen molar-refractivity contribution in [3.63, 3.8) is 0 Å². The Morgan fingerprint density at radius 2 is 0.589 bits per heavy atom. The smallest absolute Gasteiger partial charge is 0.164 e. The molecule has 3 heterocycles. The van der Waals surface area contributed by atoms with Crippen molar-refractivity contribution >= 4 is 43.9 Å². The van der Waals surface area contributed by atoms with E-state index in [9.17, 15) is 0 Å². The fourth-order valence-corrected chi connectivity index (χ4v) is 7.69. The Labute approximate surface area is 322 Å². The molecule has 0 radical (unpaired) electrons. The summed E-state index contributed by atoms with van der Waals surface area (Å²) in [5.74, 6) is 1.77. The first-order valence-electron chi connectivity index (χ1n) is 18.7. The van der Waals surface area contributed by atoms with E-state index >= 15 is 0 Å². The van der Waals surface area contributed by atoms with Crippen molar-refractivity contribution in [1.82, 2.24) is 15.0 Å². The van der Waals surface area contributed by atoms with Crippen molar-refractivity contribution in [2.75, 3.05) is 0 Å². The summed E-state index contributed by atoms with van der Waals surface area (Å²) < 4.78 is 12.5. The van der Waals surface area contributed by atoms with Crippen LogP contribution >= 0.6 is 0 Å². The maximum Gasteiger partial charge on any atom is 0.164 e. The number of hydrogen-bond acceptors (Lipinski definition) is 5. The zero-order valence-corrected chi connectivity index (χ0v) is 30.1. The van der Waals surface area contributed by atoms with Gasteiger partial charge in [0.2, 0.25) is 0 Å². The van der Waals surface area contributed by atoms with Crippen molar-refractivity contribution in [1.29, 1.82) is 0 Å². The zero-order valence-electron chi connectivity index (χ0n) is 30.1. The highest BCUT2D eigenvalue weighted by atomic mass is 16.3. The Kier molecular flexibility index (Phi) is 7.42. The molecular formula is C51H31N3O2. The predicted octanol–water partition coefficient (Wildman–Crippen LogP) is 13.7. The van der Waals surface area contributed by atoms with Crippen LogP contribution in [0.4, 0.5) is 0 Å². The fourth-order valence-electron chi connectivity index (χ4n) is 7.69. The van der Waals surface area contributed by atoms with Crippen LogP contribution in [0.2, 0.25) is 0 Å². The molecule has 5 heteroatoms. The highest BCUT2D eigenvalue weighted by Gasteiger charge is 2.16. The third-order valence-corrected chi connectivity index (χ3v) is 10.6. The van der Waals surface area contributed by atoms with Gasteiger partial charge in [-0.3, -0.25) is 0 Å². The third kappa shape index (κ3) is 5.62. The minimum atomic E-state index is 0.577. The number of rotatable bonds is 6. The van der Waals surface area contributed by atoms with Crippen LogP contribution in [0.5, 0.6) is 0 Å². The molecule has 262 valence electrons. The van der Waals surface area contributed by atoms with E-state index in [0.29, 0.717) is 17.5 Å². The van der Waals surface area contributed by atoms with E-state index in [1.807, 2.05) is 48.5 Å². The largest absolute Gasteiger partial charge is 0.456 e. The molecule has 56 heavy (non-hydrogen) atoms. The zero-order chi connectivity index (χ0) is 37.0. The van der Waals surface area contributed by atoms with Gasteiger partial charge in [-0.2, -0.15) is 0 Å². The Bertz CT molecular complexity index is 3250. The van der Waals surface area contributed by atoms with Gasteiger partial charge >= 0.3 is 0 Å². The van der Waals surface area contributed by atoms with Crippen molar-refractivity contribution in [2.24, 2.45) is 0 Å². The summed E-state index contributed by atoms with van der Waals surface area (Å²) in [5.41, 5.74) is 12.7. The number of hydrogen-bond donors (Lipinski definition) is 0. The van der Waals surface area contributed by atoms with Crippen molar-refractivity contribution in [2.45, 2.75) is 0 Å². The van der Waals surface area contributed by atoms with E-state index in [-0.39, 0.29) is 0 Å². The SMILES string of the molecule is c1ccc(-c2ccc(-c3nc(-c4cccc(-c5cccc(-c6ccc7c(c6)oc6ccccc67)c5)c4)nc(-c4ccc5c(c4)oc4ccccc45)n3)cc2)cc1. The quantitative estimate of drug-likeness (QED) is 0.171. The summed E-state index contributed by atoms with van der Waals surface area (Å²) in [4.78, 5) is 15.2. The minimum absolute atomic E-state index is 0.577. The second-order valence-corrected chi connectivity index (χ2v) is 14.0. The molecule has 0 amide bonds. The lowest BCUT2D eigenvalue weighted by molar-refractivity contribution is 0.668. The number of furan rings is 2. The number of benzene rings is 8. The van der Waals surface area contributed by atoms with Gasteiger partial charge in [-0.15, -0.1) is 0 Å². The van der Waals surface area contributed by atoms with Crippen LogP contribution in [0.3, 0.4) is 0 Å². The van der Waals surface area contributed by atoms with Gasteiger partial charge in [-0.25, -0.2) is 15.0 Å². The standard InChI is InChI=1S/C51H31N3O2/c1-2-10-32(11-3-1)33-20-22-34(23-21-33)49-52-50(54-51(53-49)40-25-27-44-42-17-5-7-19-46(42)56-48(44)31-40)39-15-9-14-37(29-39)35-12-8-13-36(28-35)38-24-26-43-41-16-4-6-18-45(41)55-47(43)30-38/h1-31H. The van der Waals surface area contributed by atoms with E-state index in [2.05, 4.69) is 140 Å². The van der Waals surface area contributed by atoms with E-state index < -0.39 is 0 Å². The number of fused-ring (bicyclic) bond motifs is 6. The minimum Gasteiger partial charge on any atom is -0.456 e. The van der Waals surface area contributed by atoms with Crippen LogP contribution < -0.4 is 0 Å². The predicted molar refractivity (Wildman–Crippen MR) is 227 cm³/mol. The monoisotopic (exact) mass is 717 g/mol. The van der Waals surface area contributed by atoms with Crippen LogP contribution in [0.15, 0.2) is 197 Å². The number of para-hydroxylation sites is 2. The van der Waals surface area contributed by atoms with E-state index in [0.717, 1.165) is 93.9 Å². The summed E-state index contributed by atoms with van der Waals surface area (Å²) in [7, 11) is 0. The highest BCUT2D eigenvalue weighted by molar-refractivity contribution is 6.06. The summed E-state index contributed by atoms with van der Waals surface area (Å²) in [6, 6.07) is 64.7. The lowest BCUT2D eigenvalue weighted by atomic mass is 9.97. The lowest BCUT2D eigenvalue weighted by Crippen LogP contribution is -2.00. The molecule has 0 saturated carbocycles. The van der Waals surface area contributed by atoms with Gasteiger partial charge in [-0.05, 0) is 81.9 Å². The maximum atomic E-state index is 6.26. The normalized spacial score (nSPS) is 11.6. The van der Waals surface area contributed by atoms with Gasteiger partial charge in [0, 0.05) is 38.2 Å². The van der Waals surface area contributed by atoms with E-state index in [1.54, 1.807) is 0 Å². The molecule has 0 aliphatic rings. The summed E-state index contributed by atoms with van der Waals surface area (Å²) in [6.45, 7) is 0. The van der Waals surface area contributed by atoms with E-state index in [1.165, 1.54) is 0 Å². The molecule has 0 aliphatic heterocycles. The van der Waals surface area contributed by atoms with Gasteiger partial charge in [0.15, 0.2) is 17.5 Å². The summed E-state index contributed by atoms with van der Waals surface area (Å²) in [6.07, 6.45) is 0.